The van der Waals surface area contributed by atoms with Gasteiger partial charge in [0.05, 0.1) is 6.04 Å². The summed E-state index contributed by atoms with van der Waals surface area (Å²) in [6.07, 6.45) is 0.848. The van der Waals surface area contributed by atoms with Gasteiger partial charge in [-0.25, -0.2) is 0 Å². The van der Waals surface area contributed by atoms with Gasteiger partial charge in [0.15, 0.2) is 10.9 Å². The Morgan fingerprint density at radius 3 is 2.52 bits per heavy atom. The smallest absolute Gasteiger partial charge is 0.180 e. The van der Waals surface area contributed by atoms with Gasteiger partial charge in [-0.15, -0.1) is 0 Å². The zero-order chi connectivity index (χ0) is 17.4. The number of H-pyrrole nitrogens is 1. The van der Waals surface area contributed by atoms with E-state index in [2.05, 4.69) is 20.4 Å². The molecular weight excluding hydrogens is 332 g/mol. The number of hydrogen-bond acceptors (Lipinski definition) is 3. The van der Waals surface area contributed by atoms with Crippen molar-refractivity contribution in [3.8, 4) is 0 Å². The molecule has 6 heteroatoms. The van der Waals surface area contributed by atoms with E-state index in [0.717, 1.165) is 34.6 Å². The van der Waals surface area contributed by atoms with E-state index in [-0.39, 0.29) is 6.04 Å². The van der Waals surface area contributed by atoms with E-state index in [0.29, 0.717) is 10.7 Å². The molecule has 0 amide bonds. The van der Waals surface area contributed by atoms with Gasteiger partial charge in [0.2, 0.25) is 0 Å². The Kier molecular flexibility index (Phi) is 3.82. The van der Waals surface area contributed by atoms with Crippen LogP contribution in [-0.2, 0) is 0 Å². The SMILES string of the molecule is Cc1[nH]nc2c1C(c1ccc(C=O)cc1)N(c1ccccc1)C(=S)N2. The second-order valence-electron chi connectivity index (χ2n) is 5.93. The monoisotopic (exact) mass is 348 g/mol. The maximum atomic E-state index is 11.0. The zero-order valence-corrected chi connectivity index (χ0v) is 14.4. The molecule has 0 saturated heterocycles. The number of fused-ring (bicyclic) bond motifs is 1. The lowest BCUT2D eigenvalue weighted by Crippen LogP contribution is -2.42. The van der Waals surface area contributed by atoms with Crippen LogP contribution in [0.25, 0.3) is 0 Å². The summed E-state index contributed by atoms with van der Waals surface area (Å²) in [6.45, 7) is 2.00. The van der Waals surface area contributed by atoms with Crippen LogP contribution in [0.2, 0.25) is 0 Å². The Bertz CT molecular complexity index is 934. The van der Waals surface area contributed by atoms with Crippen molar-refractivity contribution in [2.24, 2.45) is 0 Å². The molecule has 0 bridgehead atoms. The van der Waals surface area contributed by atoms with Crippen LogP contribution >= 0.6 is 12.2 Å². The van der Waals surface area contributed by atoms with E-state index < -0.39 is 0 Å². The molecule has 0 radical (unpaired) electrons. The lowest BCUT2D eigenvalue weighted by atomic mass is 9.94. The first kappa shape index (κ1) is 15.5. The Balaban J connectivity index is 1.91. The molecule has 2 aromatic carbocycles. The van der Waals surface area contributed by atoms with Crippen molar-refractivity contribution in [1.29, 1.82) is 0 Å². The standard InChI is InChI=1S/C19H16N4OS/c1-12-16-17(14-9-7-13(11-24)8-10-14)23(15-5-3-2-4-6-15)19(25)20-18(16)22-21-12/h2-11,17H,1H3,(H2,20,21,22,25). The number of para-hydroxylation sites is 1. The summed E-state index contributed by atoms with van der Waals surface area (Å²) in [5, 5.41) is 11.2. The molecular formula is C19H16N4OS. The van der Waals surface area contributed by atoms with E-state index in [4.69, 9.17) is 12.2 Å². The molecule has 0 fully saturated rings. The molecule has 5 nitrogen and oxygen atoms in total. The maximum Gasteiger partial charge on any atom is 0.180 e. The van der Waals surface area contributed by atoms with Gasteiger partial charge in [-0.05, 0) is 36.8 Å². The normalized spacial score (nSPS) is 16.3. The fraction of sp³-hybridized carbons (Fsp3) is 0.105. The van der Waals surface area contributed by atoms with Crippen LogP contribution in [0.5, 0.6) is 0 Å². The molecule has 1 unspecified atom stereocenters. The number of thiocarbonyl (C=S) groups is 1. The number of hydrogen-bond donors (Lipinski definition) is 2. The van der Waals surface area contributed by atoms with Crippen molar-refractivity contribution in [1.82, 2.24) is 10.2 Å². The first-order chi connectivity index (χ1) is 12.2. The van der Waals surface area contributed by atoms with Gasteiger partial charge >= 0.3 is 0 Å². The Morgan fingerprint density at radius 1 is 1.12 bits per heavy atom. The predicted molar refractivity (Wildman–Crippen MR) is 102 cm³/mol. The molecule has 2 heterocycles. The average molecular weight is 348 g/mol. The van der Waals surface area contributed by atoms with Crippen molar-refractivity contribution in [2.45, 2.75) is 13.0 Å². The van der Waals surface area contributed by atoms with Crippen molar-refractivity contribution in [3.05, 3.63) is 77.0 Å². The minimum atomic E-state index is -0.120. The number of anilines is 2. The van der Waals surface area contributed by atoms with Crippen LogP contribution in [0.3, 0.4) is 0 Å². The molecule has 3 aromatic rings. The molecule has 1 aromatic heterocycles. The van der Waals surface area contributed by atoms with E-state index >= 15 is 0 Å². The van der Waals surface area contributed by atoms with E-state index in [1.165, 1.54) is 0 Å². The molecule has 0 aliphatic carbocycles. The van der Waals surface area contributed by atoms with E-state index in [1.807, 2.05) is 61.5 Å². The number of aromatic amines is 1. The number of carbonyl (C=O) groups excluding carboxylic acids is 1. The van der Waals surface area contributed by atoms with Crippen LogP contribution in [0.1, 0.15) is 33.2 Å². The largest absolute Gasteiger partial charge is 0.315 e. The Morgan fingerprint density at radius 2 is 1.84 bits per heavy atom. The summed E-state index contributed by atoms with van der Waals surface area (Å²) in [4.78, 5) is 13.1. The number of rotatable bonds is 3. The van der Waals surface area contributed by atoms with Gasteiger partial charge in [0.1, 0.15) is 6.29 Å². The lowest BCUT2D eigenvalue weighted by molar-refractivity contribution is 0.112. The zero-order valence-electron chi connectivity index (χ0n) is 13.6. The van der Waals surface area contributed by atoms with Gasteiger partial charge in [0, 0.05) is 22.5 Å². The van der Waals surface area contributed by atoms with Crippen molar-refractivity contribution in [2.75, 3.05) is 10.2 Å². The van der Waals surface area contributed by atoms with Crippen LogP contribution in [0.4, 0.5) is 11.5 Å². The number of aromatic nitrogens is 2. The maximum absolute atomic E-state index is 11.0. The van der Waals surface area contributed by atoms with E-state index in [9.17, 15) is 4.79 Å². The summed E-state index contributed by atoms with van der Waals surface area (Å²) in [7, 11) is 0. The highest BCUT2D eigenvalue weighted by atomic mass is 32.1. The second kappa shape index (κ2) is 6.14. The fourth-order valence-electron chi connectivity index (χ4n) is 3.20. The predicted octanol–water partition coefficient (Wildman–Crippen LogP) is 3.84. The average Bonchev–Trinajstić information content (AvgIpc) is 3.02. The Labute approximate surface area is 150 Å². The summed E-state index contributed by atoms with van der Waals surface area (Å²) in [5.41, 5.74) is 4.72. The molecule has 0 spiro atoms. The molecule has 124 valence electrons. The molecule has 1 aliphatic heterocycles. The summed E-state index contributed by atoms with van der Waals surface area (Å²) >= 11 is 5.63. The third-order valence-electron chi connectivity index (χ3n) is 4.39. The number of carbonyl (C=O) groups is 1. The topological polar surface area (TPSA) is 61.0 Å². The number of benzene rings is 2. The quantitative estimate of drug-likeness (QED) is 0.556. The van der Waals surface area contributed by atoms with Crippen molar-refractivity contribution in [3.63, 3.8) is 0 Å². The molecule has 2 N–H and O–H groups in total. The third kappa shape index (κ3) is 2.60. The van der Waals surface area contributed by atoms with Gasteiger partial charge < -0.3 is 10.2 Å². The van der Waals surface area contributed by atoms with Crippen LogP contribution in [0.15, 0.2) is 54.6 Å². The lowest BCUT2D eigenvalue weighted by Gasteiger charge is -2.38. The number of nitrogens with zero attached hydrogens (tertiary/aromatic N) is 2. The number of nitrogens with one attached hydrogen (secondary N) is 2. The molecule has 0 saturated carbocycles. The van der Waals surface area contributed by atoms with Gasteiger partial charge in [-0.2, -0.15) is 5.10 Å². The highest BCUT2D eigenvalue weighted by molar-refractivity contribution is 7.80. The van der Waals surface area contributed by atoms with Gasteiger partial charge in [-0.3, -0.25) is 9.89 Å². The second-order valence-corrected chi connectivity index (χ2v) is 6.32. The summed E-state index contributed by atoms with van der Waals surface area (Å²) in [6, 6.07) is 17.5. The highest BCUT2D eigenvalue weighted by Gasteiger charge is 2.35. The minimum absolute atomic E-state index is 0.120. The first-order valence-electron chi connectivity index (χ1n) is 7.94. The first-order valence-corrected chi connectivity index (χ1v) is 8.35. The minimum Gasteiger partial charge on any atom is -0.315 e. The Hall–Kier alpha value is -2.99. The third-order valence-corrected chi connectivity index (χ3v) is 4.69. The van der Waals surface area contributed by atoms with Crippen molar-refractivity contribution >= 4 is 35.1 Å². The number of aryl methyl sites for hydroxylation is 1. The summed E-state index contributed by atoms with van der Waals surface area (Å²) in [5.74, 6) is 0.749. The molecule has 1 atom stereocenters. The van der Waals surface area contributed by atoms with Crippen LogP contribution in [0, 0.1) is 6.92 Å². The highest BCUT2D eigenvalue weighted by Crippen LogP contribution is 2.41. The summed E-state index contributed by atoms with van der Waals surface area (Å²) < 4.78 is 0. The van der Waals surface area contributed by atoms with E-state index in [1.54, 1.807) is 0 Å². The number of aldehydes is 1. The van der Waals surface area contributed by atoms with Crippen molar-refractivity contribution < 1.29 is 4.79 Å². The van der Waals surface area contributed by atoms with Crippen LogP contribution in [-0.4, -0.2) is 21.6 Å². The molecule has 1 aliphatic rings. The fourth-order valence-corrected chi connectivity index (χ4v) is 3.51. The van der Waals surface area contributed by atoms with Crippen LogP contribution < -0.4 is 10.2 Å². The molecule has 25 heavy (non-hydrogen) atoms. The van der Waals surface area contributed by atoms with Gasteiger partial charge in [-0.1, -0.05) is 42.5 Å². The molecule has 4 rings (SSSR count). The van der Waals surface area contributed by atoms with Gasteiger partial charge in [0.25, 0.3) is 0 Å².